The molecular weight excluding hydrogens is 781 g/mol. The average molecular weight is 892 g/mol. The number of ether oxygens (including phenoxy) is 3. The summed E-state index contributed by atoms with van der Waals surface area (Å²) in [4.78, 5) is 38.0. The van der Waals surface area contributed by atoms with Gasteiger partial charge < -0.3 is 14.2 Å². The number of carbonyl (C=O) groups is 3. The average Bonchev–Trinajstić information content (AvgIpc) is 3.25. The first-order valence-corrected chi connectivity index (χ1v) is 28.2. The predicted molar refractivity (Wildman–Crippen MR) is 270 cm³/mol. The highest BCUT2D eigenvalue weighted by molar-refractivity contribution is 5.71. The molecule has 0 spiro atoms. The summed E-state index contributed by atoms with van der Waals surface area (Å²) in [7, 11) is 0. The third kappa shape index (κ3) is 51.3. The molecule has 6 heteroatoms. The Morgan fingerprint density at radius 3 is 0.778 bits per heavy atom. The van der Waals surface area contributed by atoms with E-state index in [1.807, 2.05) is 0 Å². The fourth-order valence-electron chi connectivity index (χ4n) is 8.70. The van der Waals surface area contributed by atoms with Crippen LogP contribution in [0, 0.1) is 11.8 Å². The molecule has 0 unspecified atom stereocenters. The van der Waals surface area contributed by atoms with Crippen molar-refractivity contribution in [1.82, 2.24) is 0 Å². The Morgan fingerprint density at radius 1 is 0.302 bits per heavy atom. The third-order valence-electron chi connectivity index (χ3n) is 13.0. The molecule has 0 heterocycles. The lowest BCUT2D eigenvalue weighted by molar-refractivity contribution is -0.167. The summed E-state index contributed by atoms with van der Waals surface area (Å²) < 4.78 is 16.8. The second-order valence-electron chi connectivity index (χ2n) is 20.5. The Labute approximate surface area is 393 Å². The summed E-state index contributed by atoms with van der Waals surface area (Å²) in [6, 6.07) is 0. The molecule has 0 saturated heterocycles. The maximum Gasteiger partial charge on any atom is 0.306 e. The van der Waals surface area contributed by atoms with Gasteiger partial charge in [-0.2, -0.15) is 0 Å². The van der Waals surface area contributed by atoms with E-state index in [-0.39, 0.29) is 31.1 Å². The maximum atomic E-state index is 12.8. The number of rotatable bonds is 51. The van der Waals surface area contributed by atoms with Gasteiger partial charge in [-0.3, -0.25) is 14.4 Å². The minimum absolute atomic E-state index is 0.0631. The lowest BCUT2D eigenvalue weighted by Gasteiger charge is -2.18. The molecule has 374 valence electrons. The fraction of sp³-hybridized carbons (Fsp3) is 0.947. The molecule has 1 atom stereocenters. The molecular formula is C57H110O6. The maximum absolute atomic E-state index is 12.8. The molecule has 0 amide bonds. The van der Waals surface area contributed by atoms with Crippen molar-refractivity contribution < 1.29 is 28.6 Å². The van der Waals surface area contributed by atoms with Crippen LogP contribution in [0.15, 0.2) is 0 Å². The highest BCUT2D eigenvalue weighted by Gasteiger charge is 2.19. The number of esters is 3. The third-order valence-corrected chi connectivity index (χ3v) is 13.0. The number of hydrogen-bond acceptors (Lipinski definition) is 6. The second-order valence-corrected chi connectivity index (χ2v) is 20.5. The van der Waals surface area contributed by atoms with Crippen molar-refractivity contribution in [2.24, 2.45) is 11.8 Å². The Balaban J connectivity index is 4.22. The molecule has 0 aliphatic carbocycles. The molecule has 63 heavy (non-hydrogen) atoms. The molecule has 0 radical (unpaired) electrons. The van der Waals surface area contributed by atoms with Crippen LogP contribution in [0.3, 0.4) is 0 Å². The van der Waals surface area contributed by atoms with E-state index in [1.165, 1.54) is 205 Å². The quantitative estimate of drug-likeness (QED) is 0.0344. The van der Waals surface area contributed by atoms with E-state index in [9.17, 15) is 14.4 Å². The van der Waals surface area contributed by atoms with Crippen LogP contribution in [0.4, 0.5) is 0 Å². The molecule has 0 bridgehead atoms. The van der Waals surface area contributed by atoms with Crippen molar-refractivity contribution in [3.05, 3.63) is 0 Å². The first-order valence-electron chi connectivity index (χ1n) is 28.2. The van der Waals surface area contributed by atoms with E-state index in [4.69, 9.17) is 14.2 Å². The Hall–Kier alpha value is -1.59. The molecule has 0 N–H and O–H groups in total. The molecule has 0 aliphatic rings. The van der Waals surface area contributed by atoms with E-state index in [2.05, 4.69) is 34.6 Å². The minimum atomic E-state index is -0.761. The lowest BCUT2D eigenvalue weighted by Crippen LogP contribution is -2.30. The SMILES string of the molecule is CCCCCCCCCCCCC(=O)OC[C@H](COC(=O)CCCCCCCCCCCCCC(C)C)OC(=O)CCCCCCCCCCCCCCCCCCCCC(C)C. The van der Waals surface area contributed by atoms with Gasteiger partial charge in [0, 0.05) is 19.3 Å². The van der Waals surface area contributed by atoms with Crippen LogP contribution in [0.2, 0.25) is 0 Å². The van der Waals surface area contributed by atoms with Gasteiger partial charge in [0.1, 0.15) is 13.2 Å². The van der Waals surface area contributed by atoms with Crippen molar-refractivity contribution >= 4 is 17.9 Å². The van der Waals surface area contributed by atoms with E-state index < -0.39 is 6.10 Å². The molecule has 0 rings (SSSR count). The largest absolute Gasteiger partial charge is 0.462 e. The molecule has 0 fully saturated rings. The highest BCUT2D eigenvalue weighted by Crippen LogP contribution is 2.18. The topological polar surface area (TPSA) is 78.9 Å². The van der Waals surface area contributed by atoms with E-state index >= 15 is 0 Å². The lowest BCUT2D eigenvalue weighted by atomic mass is 10.0. The Bertz CT molecular complexity index is 962. The summed E-state index contributed by atoms with van der Waals surface area (Å²) in [5.41, 5.74) is 0. The highest BCUT2D eigenvalue weighted by atomic mass is 16.6. The summed E-state index contributed by atoms with van der Waals surface area (Å²) in [5.74, 6) is 0.842. The van der Waals surface area contributed by atoms with Crippen LogP contribution in [0.1, 0.15) is 317 Å². The minimum Gasteiger partial charge on any atom is -0.462 e. The van der Waals surface area contributed by atoms with Crippen molar-refractivity contribution in [3.63, 3.8) is 0 Å². The molecule has 0 aromatic rings. The van der Waals surface area contributed by atoms with E-state index in [0.717, 1.165) is 69.6 Å². The fourth-order valence-corrected chi connectivity index (χ4v) is 8.70. The van der Waals surface area contributed by atoms with Crippen molar-refractivity contribution in [3.8, 4) is 0 Å². The molecule has 0 saturated carbocycles. The zero-order chi connectivity index (χ0) is 46.1. The Kier molecular flexibility index (Phi) is 48.6. The molecule has 6 nitrogen and oxygen atoms in total. The number of carbonyl (C=O) groups excluding carboxylic acids is 3. The van der Waals surface area contributed by atoms with Gasteiger partial charge in [-0.05, 0) is 31.1 Å². The van der Waals surface area contributed by atoms with Gasteiger partial charge >= 0.3 is 17.9 Å². The van der Waals surface area contributed by atoms with E-state index in [0.29, 0.717) is 19.3 Å². The molecule has 0 aromatic carbocycles. The van der Waals surface area contributed by atoms with Crippen molar-refractivity contribution in [2.45, 2.75) is 323 Å². The van der Waals surface area contributed by atoms with Gasteiger partial charge in [-0.1, -0.05) is 279 Å². The van der Waals surface area contributed by atoms with Crippen LogP contribution in [0.25, 0.3) is 0 Å². The van der Waals surface area contributed by atoms with Gasteiger partial charge in [-0.25, -0.2) is 0 Å². The van der Waals surface area contributed by atoms with Crippen LogP contribution in [-0.4, -0.2) is 37.2 Å². The Morgan fingerprint density at radius 2 is 0.524 bits per heavy atom. The normalized spacial score (nSPS) is 12.0. The first-order chi connectivity index (χ1) is 30.7. The first kappa shape index (κ1) is 61.4. The number of unbranched alkanes of at least 4 members (excludes halogenated alkanes) is 36. The van der Waals surface area contributed by atoms with Gasteiger partial charge in [0.25, 0.3) is 0 Å². The zero-order valence-electron chi connectivity index (χ0n) is 43.2. The standard InChI is InChI=1S/C57H110O6/c1-6-7-8-9-10-11-27-32-37-42-47-55(58)61-50-54(51-62-56(59)48-43-38-33-28-24-20-22-26-31-36-41-46-53(4)5)63-57(60)49-44-39-34-29-23-19-17-15-13-12-14-16-18-21-25-30-35-40-45-52(2)3/h52-54H,6-51H2,1-5H3/t54-/m1/s1. The van der Waals surface area contributed by atoms with Crippen molar-refractivity contribution in [2.75, 3.05) is 13.2 Å². The van der Waals surface area contributed by atoms with Gasteiger partial charge in [0.15, 0.2) is 6.10 Å². The zero-order valence-corrected chi connectivity index (χ0v) is 43.2. The number of hydrogen-bond donors (Lipinski definition) is 0. The summed E-state index contributed by atoms with van der Waals surface area (Å²) in [5, 5.41) is 0. The smallest absolute Gasteiger partial charge is 0.306 e. The summed E-state index contributed by atoms with van der Waals surface area (Å²) >= 11 is 0. The molecule has 0 aliphatic heterocycles. The van der Waals surface area contributed by atoms with Crippen LogP contribution in [-0.2, 0) is 28.6 Å². The van der Waals surface area contributed by atoms with Crippen LogP contribution in [0.5, 0.6) is 0 Å². The predicted octanol–water partition coefficient (Wildman–Crippen LogP) is 18.5. The van der Waals surface area contributed by atoms with E-state index in [1.54, 1.807) is 0 Å². The van der Waals surface area contributed by atoms with Crippen LogP contribution < -0.4 is 0 Å². The molecule has 0 aromatic heterocycles. The van der Waals surface area contributed by atoms with Gasteiger partial charge in [-0.15, -0.1) is 0 Å². The monoisotopic (exact) mass is 891 g/mol. The van der Waals surface area contributed by atoms with Crippen molar-refractivity contribution in [1.29, 1.82) is 0 Å². The second kappa shape index (κ2) is 49.8. The summed E-state index contributed by atoms with van der Waals surface area (Å²) in [6.45, 7) is 11.4. The van der Waals surface area contributed by atoms with Gasteiger partial charge in [0.05, 0.1) is 0 Å². The summed E-state index contributed by atoms with van der Waals surface area (Å²) in [6.07, 6.45) is 52.4. The van der Waals surface area contributed by atoms with Crippen LogP contribution >= 0.6 is 0 Å². The van der Waals surface area contributed by atoms with Gasteiger partial charge in [0.2, 0.25) is 0 Å².